The van der Waals surface area contributed by atoms with Gasteiger partial charge in [-0.3, -0.25) is 0 Å². The van der Waals surface area contributed by atoms with Gasteiger partial charge in [0.2, 0.25) is 0 Å². The van der Waals surface area contributed by atoms with E-state index in [0.29, 0.717) is 31.0 Å². The maximum Gasteiger partial charge on any atom is 0.317 e. The van der Waals surface area contributed by atoms with Crippen LogP contribution >= 0.6 is 0 Å². The SMILES string of the molecule is N#Cc1ccc(OCCN2CCNC2=O)cc1. The Morgan fingerprint density at radius 3 is 2.76 bits per heavy atom. The first-order chi connectivity index (χ1) is 8.29. The molecular weight excluding hydrogens is 218 g/mol. The Hall–Kier alpha value is -2.22. The molecule has 0 atom stereocenters. The monoisotopic (exact) mass is 231 g/mol. The fraction of sp³-hybridized carbons (Fsp3) is 0.333. The number of carbonyl (C=O) groups excluding carboxylic acids is 1. The van der Waals surface area contributed by atoms with E-state index in [2.05, 4.69) is 5.32 Å². The number of urea groups is 1. The van der Waals surface area contributed by atoms with Crippen molar-refractivity contribution in [2.75, 3.05) is 26.2 Å². The molecule has 0 bridgehead atoms. The van der Waals surface area contributed by atoms with Crippen LogP contribution in [0.3, 0.4) is 0 Å². The summed E-state index contributed by atoms with van der Waals surface area (Å²) in [5.74, 6) is 0.712. The maximum atomic E-state index is 11.2. The highest BCUT2D eigenvalue weighted by molar-refractivity contribution is 5.76. The molecule has 1 fully saturated rings. The average Bonchev–Trinajstić information content (AvgIpc) is 2.76. The summed E-state index contributed by atoms with van der Waals surface area (Å²) in [5.41, 5.74) is 0.608. The van der Waals surface area contributed by atoms with E-state index in [0.717, 1.165) is 6.54 Å². The van der Waals surface area contributed by atoms with Crippen LogP contribution in [-0.4, -0.2) is 37.2 Å². The predicted molar refractivity (Wildman–Crippen MR) is 61.6 cm³/mol. The molecule has 5 heteroatoms. The molecule has 2 amide bonds. The fourth-order valence-electron chi connectivity index (χ4n) is 1.62. The van der Waals surface area contributed by atoms with Crippen LogP contribution in [0.25, 0.3) is 0 Å². The quantitative estimate of drug-likeness (QED) is 0.839. The highest BCUT2D eigenvalue weighted by Crippen LogP contribution is 2.11. The third kappa shape index (κ3) is 2.88. The summed E-state index contributed by atoms with van der Waals surface area (Å²) in [5, 5.41) is 11.4. The van der Waals surface area contributed by atoms with Crippen LogP contribution in [0.2, 0.25) is 0 Å². The van der Waals surface area contributed by atoms with E-state index < -0.39 is 0 Å². The van der Waals surface area contributed by atoms with Gasteiger partial charge in [-0.2, -0.15) is 5.26 Å². The number of nitrogens with zero attached hydrogens (tertiary/aromatic N) is 2. The van der Waals surface area contributed by atoms with Gasteiger partial charge in [0.15, 0.2) is 0 Å². The van der Waals surface area contributed by atoms with Crippen LogP contribution in [0.4, 0.5) is 4.79 Å². The molecule has 1 saturated heterocycles. The minimum absolute atomic E-state index is 0.0339. The van der Waals surface area contributed by atoms with Crippen molar-refractivity contribution in [1.29, 1.82) is 5.26 Å². The zero-order chi connectivity index (χ0) is 12.1. The molecule has 0 saturated carbocycles. The number of rotatable bonds is 4. The lowest BCUT2D eigenvalue weighted by atomic mass is 10.2. The fourth-order valence-corrected chi connectivity index (χ4v) is 1.62. The Balaban J connectivity index is 1.78. The summed E-state index contributed by atoms with van der Waals surface area (Å²) >= 11 is 0. The molecule has 1 heterocycles. The Labute approximate surface area is 99.6 Å². The minimum Gasteiger partial charge on any atom is -0.492 e. The van der Waals surface area contributed by atoms with Gasteiger partial charge in [0.05, 0.1) is 18.2 Å². The smallest absolute Gasteiger partial charge is 0.317 e. The Bertz CT molecular complexity index is 436. The molecule has 17 heavy (non-hydrogen) atoms. The van der Waals surface area contributed by atoms with Crippen molar-refractivity contribution in [3.63, 3.8) is 0 Å². The molecule has 1 aliphatic heterocycles. The lowest BCUT2D eigenvalue weighted by Gasteiger charge is -2.14. The number of carbonyl (C=O) groups is 1. The van der Waals surface area contributed by atoms with Crippen LogP contribution in [-0.2, 0) is 0 Å². The van der Waals surface area contributed by atoms with Crippen molar-refractivity contribution < 1.29 is 9.53 Å². The van der Waals surface area contributed by atoms with Crippen LogP contribution < -0.4 is 10.1 Å². The van der Waals surface area contributed by atoms with Crippen LogP contribution in [0.15, 0.2) is 24.3 Å². The second-order valence-corrected chi connectivity index (χ2v) is 3.70. The van der Waals surface area contributed by atoms with Crippen molar-refractivity contribution in [2.45, 2.75) is 0 Å². The van der Waals surface area contributed by atoms with Crippen LogP contribution in [0.1, 0.15) is 5.56 Å². The van der Waals surface area contributed by atoms with Crippen molar-refractivity contribution >= 4 is 6.03 Å². The molecule has 0 spiro atoms. The van der Waals surface area contributed by atoms with E-state index in [1.54, 1.807) is 29.2 Å². The van der Waals surface area contributed by atoms with E-state index in [1.807, 2.05) is 6.07 Å². The van der Waals surface area contributed by atoms with Gasteiger partial charge in [0.25, 0.3) is 0 Å². The summed E-state index contributed by atoms with van der Waals surface area (Å²) in [6.07, 6.45) is 0. The second kappa shape index (κ2) is 5.21. The molecule has 1 aliphatic rings. The molecule has 0 aliphatic carbocycles. The number of nitriles is 1. The number of hydrogen-bond donors (Lipinski definition) is 1. The van der Waals surface area contributed by atoms with Gasteiger partial charge in [-0.25, -0.2) is 4.79 Å². The summed E-state index contributed by atoms with van der Waals surface area (Å²) in [4.78, 5) is 12.9. The Morgan fingerprint density at radius 2 is 2.18 bits per heavy atom. The van der Waals surface area contributed by atoms with Crippen LogP contribution in [0.5, 0.6) is 5.75 Å². The second-order valence-electron chi connectivity index (χ2n) is 3.70. The average molecular weight is 231 g/mol. The summed E-state index contributed by atoms with van der Waals surface area (Å²) < 4.78 is 5.48. The van der Waals surface area contributed by atoms with Gasteiger partial charge < -0.3 is 15.0 Å². The largest absolute Gasteiger partial charge is 0.492 e. The van der Waals surface area contributed by atoms with Gasteiger partial charge in [-0.1, -0.05) is 0 Å². The molecule has 5 nitrogen and oxygen atoms in total. The van der Waals surface area contributed by atoms with E-state index in [9.17, 15) is 4.79 Å². The van der Waals surface area contributed by atoms with Crippen molar-refractivity contribution in [3.8, 4) is 11.8 Å². The lowest BCUT2D eigenvalue weighted by Crippen LogP contribution is -2.31. The highest BCUT2D eigenvalue weighted by Gasteiger charge is 2.18. The highest BCUT2D eigenvalue weighted by atomic mass is 16.5. The number of ether oxygens (including phenoxy) is 1. The van der Waals surface area contributed by atoms with Crippen molar-refractivity contribution in [2.24, 2.45) is 0 Å². The third-order valence-electron chi connectivity index (χ3n) is 2.56. The van der Waals surface area contributed by atoms with Gasteiger partial charge >= 0.3 is 6.03 Å². The van der Waals surface area contributed by atoms with Crippen molar-refractivity contribution in [1.82, 2.24) is 10.2 Å². The molecule has 2 rings (SSSR count). The number of amides is 2. The molecule has 1 N–H and O–H groups in total. The van der Waals surface area contributed by atoms with Gasteiger partial charge in [0, 0.05) is 13.1 Å². The standard InChI is InChI=1S/C12H13N3O2/c13-9-10-1-3-11(4-2-10)17-8-7-15-6-5-14-12(15)16/h1-4H,5-8H2,(H,14,16). The summed E-state index contributed by atoms with van der Waals surface area (Å²) in [6.45, 7) is 2.47. The van der Waals surface area contributed by atoms with Gasteiger partial charge in [-0.05, 0) is 24.3 Å². The van der Waals surface area contributed by atoms with Crippen molar-refractivity contribution in [3.05, 3.63) is 29.8 Å². The Morgan fingerprint density at radius 1 is 1.41 bits per heavy atom. The topological polar surface area (TPSA) is 65.4 Å². The van der Waals surface area contributed by atoms with Gasteiger partial charge in [0.1, 0.15) is 12.4 Å². The zero-order valence-electron chi connectivity index (χ0n) is 9.35. The number of hydrogen-bond acceptors (Lipinski definition) is 3. The predicted octanol–water partition coefficient (Wildman–Crippen LogP) is 0.962. The summed E-state index contributed by atoms with van der Waals surface area (Å²) in [6, 6.07) is 8.93. The van der Waals surface area contributed by atoms with E-state index in [1.165, 1.54) is 0 Å². The normalized spacial score (nSPS) is 14.3. The zero-order valence-corrected chi connectivity index (χ0v) is 9.35. The van der Waals surface area contributed by atoms with Crippen LogP contribution in [0, 0.1) is 11.3 Å². The lowest BCUT2D eigenvalue weighted by molar-refractivity contribution is 0.202. The molecule has 0 aromatic heterocycles. The first-order valence-corrected chi connectivity index (χ1v) is 5.45. The number of benzene rings is 1. The van der Waals surface area contributed by atoms with E-state index in [4.69, 9.17) is 10.00 Å². The summed E-state index contributed by atoms with van der Waals surface area (Å²) in [7, 11) is 0. The molecule has 1 aromatic carbocycles. The first-order valence-electron chi connectivity index (χ1n) is 5.45. The maximum absolute atomic E-state index is 11.2. The first kappa shape index (κ1) is 11.3. The number of nitrogens with one attached hydrogen (secondary N) is 1. The van der Waals surface area contributed by atoms with E-state index in [-0.39, 0.29) is 6.03 Å². The molecule has 0 unspecified atom stereocenters. The Kier molecular flexibility index (Phi) is 3.46. The van der Waals surface area contributed by atoms with Gasteiger partial charge in [-0.15, -0.1) is 0 Å². The van der Waals surface area contributed by atoms with E-state index >= 15 is 0 Å². The molecule has 88 valence electrons. The third-order valence-corrected chi connectivity index (χ3v) is 2.56. The molecular formula is C12H13N3O2. The molecule has 1 aromatic rings. The minimum atomic E-state index is -0.0339. The molecule has 0 radical (unpaired) electrons.